The quantitative estimate of drug-likeness (QED) is 0.529. The van der Waals surface area contributed by atoms with Gasteiger partial charge >= 0.3 is 6.18 Å². The molecule has 0 unspecified atom stereocenters. The zero-order valence-electron chi connectivity index (χ0n) is 16.5. The van der Waals surface area contributed by atoms with Crippen LogP contribution < -0.4 is 15.0 Å². The molecule has 7 nitrogen and oxygen atoms in total. The van der Waals surface area contributed by atoms with Gasteiger partial charge in [-0.3, -0.25) is 19.3 Å². The zero-order chi connectivity index (χ0) is 22.6. The molecule has 3 rings (SSSR count). The fraction of sp³-hybridized carbons (Fsp3) is 0.286. The van der Waals surface area contributed by atoms with Crippen LogP contribution in [-0.2, 0) is 20.5 Å². The van der Waals surface area contributed by atoms with Gasteiger partial charge in [-0.25, -0.2) is 0 Å². The Balaban J connectivity index is 1.87. The van der Waals surface area contributed by atoms with Gasteiger partial charge in [0.15, 0.2) is 0 Å². The van der Waals surface area contributed by atoms with Crippen LogP contribution >= 0.6 is 0 Å². The van der Waals surface area contributed by atoms with Crippen LogP contribution in [-0.4, -0.2) is 38.0 Å². The molecule has 1 aliphatic rings. The maximum atomic E-state index is 13.1. The van der Waals surface area contributed by atoms with Crippen molar-refractivity contribution >= 4 is 29.1 Å². The molecule has 0 aliphatic carbocycles. The van der Waals surface area contributed by atoms with Gasteiger partial charge in [0.25, 0.3) is 5.91 Å². The molecular formula is C21H19F3N2O5. The Morgan fingerprint density at radius 1 is 1.06 bits per heavy atom. The highest BCUT2D eigenvalue weighted by Gasteiger charge is 2.32. The third kappa shape index (κ3) is 5.21. The Kier molecular flexibility index (Phi) is 6.59. The second-order valence-electron chi connectivity index (χ2n) is 6.68. The number of ether oxygens (including phenoxy) is 2. The normalized spacial score (nSPS) is 14.1. The van der Waals surface area contributed by atoms with Crippen molar-refractivity contribution in [2.75, 3.05) is 30.5 Å². The number of hydrogen-bond acceptors (Lipinski definition) is 5. The molecular weight excluding hydrogens is 417 g/mol. The van der Waals surface area contributed by atoms with E-state index in [2.05, 4.69) is 5.32 Å². The Labute approximate surface area is 175 Å². The number of methoxy groups -OCH3 is 1. The van der Waals surface area contributed by atoms with Crippen LogP contribution in [0.15, 0.2) is 42.5 Å². The summed E-state index contributed by atoms with van der Waals surface area (Å²) in [6.07, 6.45) is -4.44. The van der Waals surface area contributed by atoms with Gasteiger partial charge in [-0.1, -0.05) is 6.07 Å². The molecule has 1 heterocycles. The number of hydrogen-bond donors (Lipinski definition) is 1. The minimum absolute atomic E-state index is 0.0412. The highest BCUT2D eigenvalue weighted by molar-refractivity contribution is 6.20. The summed E-state index contributed by atoms with van der Waals surface area (Å²) < 4.78 is 49.6. The largest absolute Gasteiger partial charge is 0.489 e. The van der Waals surface area contributed by atoms with Crippen LogP contribution in [0.4, 0.5) is 24.5 Å². The van der Waals surface area contributed by atoms with E-state index in [-0.39, 0.29) is 60.6 Å². The number of imide groups is 1. The molecule has 1 fully saturated rings. The monoisotopic (exact) mass is 436 g/mol. The maximum absolute atomic E-state index is 13.1. The summed E-state index contributed by atoms with van der Waals surface area (Å²) >= 11 is 0. The van der Waals surface area contributed by atoms with Crippen molar-refractivity contribution in [1.29, 1.82) is 0 Å². The van der Waals surface area contributed by atoms with Crippen LogP contribution in [0, 0.1) is 0 Å². The molecule has 1 aliphatic heterocycles. The topological polar surface area (TPSA) is 84.9 Å². The summed E-state index contributed by atoms with van der Waals surface area (Å²) in [5.41, 5.74) is -0.843. The lowest BCUT2D eigenvalue weighted by Crippen LogP contribution is -2.28. The smallest absolute Gasteiger partial charge is 0.416 e. The van der Waals surface area contributed by atoms with Gasteiger partial charge in [0, 0.05) is 25.5 Å². The average Bonchev–Trinajstić information content (AvgIpc) is 3.06. The number of alkyl halides is 3. The number of anilines is 2. The number of rotatable bonds is 7. The lowest BCUT2D eigenvalue weighted by atomic mass is 10.1. The second kappa shape index (κ2) is 9.17. The van der Waals surface area contributed by atoms with Crippen molar-refractivity contribution in [2.45, 2.75) is 19.0 Å². The van der Waals surface area contributed by atoms with Crippen molar-refractivity contribution in [3.05, 3.63) is 53.6 Å². The van der Waals surface area contributed by atoms with Crippen LogP contribution in [0.1, 0.15) is 28.8 Å². The number of benzene rings is 2. The van der Waals surface area contributed by atoms with Gasteiger partial charge in [-0.05, 0) is 36.4 Å². The Bertz CT molecular complexity index is 991. The molecule has 1 saturated heterocycles. The lowest BCUT2D eigenvalue weighted by molar-refractivity contribution is -0.137. The first kappa shape index (κ1) is 22.3. The third-order valence-corrected chi connectivity index (χ3v) is 4.52. The Morgan fingerprint density at radius 2 is 1.77 bits per heavy atom. The van der Waals surface area contributed by atoms with Gasteiger partial charge < -0.3 is 14.8 Å². The van der Waals surface area contributed by atoms with E-state index in [1.165, 1.54) is 31.4 Å². The van der Waals surface area contributed by atoms with E-state index in [1.807, 2.05) is 0 Å². The molecule has 0 radical (unpaired) electrons. The number of carbonyl (C=O) groups excluding carboxylic acids is 3. The summed E-state index contributed by atoms with van der Waals surface area (Å²) in [6, 6.07) is 8.47. The predicted octanol–water partition coefficient (Wildman–Crippen LogP) is 3.64. The van der Waals surface area contributed by atoms with Crippen molar-refractivity contribution in [2.24, 2.45) is 0 Å². The zero-order valence-corrected chi connectivity index (χ0v) is 16.5. The fourth-order valence-electron chi connectivity index (χ4n) is 3.01. The first-order chi connectivity index (χ1) is 14.7. The van der Waals surface area contributed by atoms with Crippen molar-refractivity contribution in [1.82, 2.24) is 0 Å². The summed E-state index contributed by atoms with van der Waals surface area (Å²) in [6.45, 7) is 0.272. The second-order valence-corrected chi connectivity index (χ2v) is 6.68. The minimum atomic E-state index is -4.61. The first-order valence-electron chi connectivity index (χ1n) is 9.31. The molecule has 164 valence electrons. The number of nitrogens with zero attached hydrogens (tertiary/aromatic N) is 1. The predicted molar refractivity (Wildman–Crippen MR) is 105 cm³/mol. The Morgan fingerprint density at radius 3 is 2.42 bits per heavy atom. The molecule has 0 aromatic heterocycles. The molecule has 10 heteroatoms. The molecule has 2 aromatic rings. The average molecular weight is 436 g/mol. The van der Waals surface area contributed by atoms with E-state index < -0.39 is 17.6 Å². The van der Waals surface area contributed by atoms with Gasteiger partial charge in [0.05, 0.1) is 23.5 Å². The molecule has 1 N–H and O–H groups in total. The van der Waals surface area contributed by atoms with Crippen molar-refractivity contribution in [3.8, 4) is 5.75 Å². The van der Waals surface area contributed by atoms with Crippen LogP contribution in [0.5, 0.6) is 5.75 Å². The molecule has 0 spiro atoms. The van der Waals surface area contributed by atoms with Gasteiger partial charge in [-0.2, -0.15) is 13.2 Å². The van der Waals surface area contributed by atoms with E-state index in [4.69, 9.17) is 9.47 Å². The number of nitrogens with one attached hydrogen (secondary N) is 1. The fourth-order valence-corrected chi connectivity index (χ4v) is 3.01. The standard InChI is InChI=1S/C21H19F3N2O5/c1-30-9-10-31-17-6-5-14(21(22,23)24)12-16(17)25-20(29)13-3-2-4-15(11-13)26-18(27)7-8-19(26)28/h2-6,11-12H,7-10H2,1H3,(H,25,29). The van der Waals surface area contributed by atoms with E-state index in [0.717, 1.165) is 23.1 Å². The van der Waals surface area contributed by atoms with E-state index in [0.29, 0.717) is 0 Å². The van der Waals surface area contributed by atoms with Crippen LogP contribution in [0.3, 0.4) is 0 Å². The number of carbonyl (C=O) groups is 3. The SMILES string of the molecule is COCCOc1ccc(C(F)(F)F)cc1NC(=O)c1cccc(N2C(=O)CCC2=O)c1. The van der Waals surface area contributed by atoms with Crippen LogP contribution in [0.25, 0.3) is 0 Å². The van der Waals surface area contributed by atoms with Gasteiger partial charge in [-0.15, -0.1) is 0 Å². The first-order valence-corrected chi connectivity index (χ1v) is 9.31. The Hall–Kier alpha value is -3.40. The summed E-state index contributed by atoms with van der Waals surface area (Å²) in [7, 11) is 1.45. The van der Waals surface area contributed by atoms with Gasteiger partial charge in [0.2, 0.25) is 11.8 Å². The van der Waals surface area contributed by atoms with E-state index in [1.54, 1.807) is 0 Å². The van der Waals surface area contributed by atoms with E-state index in [9.17, 15) is 27.6 Å². The van der Waals surface area contributed by atoms with Crippen molar-refractivity contribution < 1.29 is 37.0 Å². The summed E-state index contributed by atoms with van der Waals surface area (Å²) in [5, 5.41) is 2.41. The van der Waals surface area contributed by atoms with Crippen LogP contribution in [0.2, 0.25) is 0 Å². The van der Waals surface area contributed by atoms with Gasteiger partial charge in [0.1, 0.15) is 12.4 Å². The molecule has 0 saturated carbocycles. The summed E-state index contributed by atoms with van der Waals surface area (Å²) in [4.78, 5) is 37.6. The lowest BCUT2D eigenvalue weighted by Gasteiger charge is -2.17. The van der Waals surface area contributed by atoms with E-state index >= 15 is 0 Å². The summed E-state index contributed by atoms with van der Waals surface area (Å²) in [5.74, 6) is -1.44. The molecule has 0 atom stereocenters. The minimum Gasteiger partial charge on any atom is -0.489 e. The molecule has 3 amide bonds. The molecule has 2 aromatic carbocycles. The highest BCUT2D eigenvalue weighted by Crippen LogP contribution is 2.35. The molecule has 31 heavy (non-hydrogen) atoms. The number of halogens is 3. The van der Waals surface area contributed by atoms with Crippen molar-refractivity contribution in [3.63, 3.8) is 0 Å². The highest BCUT2D eigenvalue weighted by atomic mass is 19.4. The number of amides is 3. The third-order valence-electron chi connectivity index (χ3n) is 4.52. The maximum Gasteiger partial charge on any atom is 0.416 e. The molecule has 0 bridgehead atoms.